The van der Waals surface area contributed by atoms with Crippen LogP contribution in [0.4, 0.5) is 5.69 Å². The van der Waals surface area contributed by atoms with E-state index in [2.05, 4.69) is 10.1 Å². The van der Waals surface area contributed by atoms with E-state index in [1.165, 1.54) is 23.0 Å². The van der Waals surface area contributed by atoms with Crippen molar-refractivity contribution < 1.29 is 4.79 Å². The predicted molar refractivity (Wildman–Crippen MR) is 74.0 cm³/mol. The summed E-state index contributed by atoms with van der Waals surface area (Å²) in [6, 6.07) is 5.27. The first-order valence-corrected chi connectivity index (χ1v) is 6.43. The third-order valence-corrected chi connectivity index (χ3v) is 3.68. The van der Waals surface area contributed by atoms with Gasteiger partial charge in [0.2, 0.25) is 0 Å². The molecular weight excluding hydrogens is 262 g/mol. The van der Waals surface area contributed by atoms with Gasteiger partial charge in [0.1, 0.15) is 6.33 Å². The van der Waals surface area contributed by atoms with Gasteiger partial charge in [-0.2, -0.15) is 5.10 Å². The van der Waals surface area contributed by atoms with Gasteiger partial charge in [-0.25, -0.2) is 9.67 Å². The summed E-state index contributed by atoms with van der Waals surface area (Å²) in [4.78, 5) is 18.3. The van der Waals surface area contributed by atoms with E-state index < -0.39 is 0 Å². The lowest BCUT2D eigenvalue weighted by Gasteiger charge is -2.12. The highest BCUT2D eigenvalue weighted by Crippen LogP contribution is 2.30. The summed E-state index contributed by atoms with van der Waals surface area (Å²) in [5.41, 5.74) is 7.11. The van der Waals surface area contributed by atoms with Crippen LogP contribution >= 0.6 is 11.8 Å². The van der Waals surface area contributed by atoms with Gasteiger partial charge in [0.25, 0.3) is 5.91 Å². The van der Waals surface area contributed by atoms with E-state index in [-0.39, 0.29) is 5.91 Å². The molecule has 0 spiro atoms. The number of nitrogens with two attached hydrogens (primary N) is 1. The zero-order valence-electron chi connectivity index (χ0n) is 11.0. The van der Waals surface area contributed by atoms with E-state index in [1.54, 1.807) is 30.9 Å². The maximum Gasteiger partial charge on any atom is 0.253 e. The van der Waals surface area contributed by atoms with Crippen molar-refractivity contribution in [2.45, 2.75) is 10.1 Å². The molecule has 0 aliphatic carbocycles. The minimum Gasteiger partial charge on any atom is -0.398 e. The third kappa shape index (κ3) is 2.87. The molecule has 2 aromatic rings. The maximum atomic E-state index is 11.8. The molecule has 100 valence electrons. The molecule has 0 saturated heterocycles. The average molecular weight is 277 g/mol. The lowest BCUT2D eigenvalue weighted by molar-refractivity contribution is 0.0827. The lowest BCUT2D eigenvalue weighted by Crippen LogP contribution is -2.21. The molecule has 0 fully saturated rings. The van der Waals surface area contributed by atoms with Crippen molar-refractivity contribution in [3.63, 3.8) is 0 Å². The van der Waals surface area contributed by atoms with Crippen LogP contribution in [-0.4, -0.2) is 39.7 Å². The van der Waals surface area contributed by atoms with E-state index in [1.807, 2.05) is 13.1 Å². The fraction of sp³-hybridized carbons (Fsp3) is 0.250. The molecule has 2 rings (SSSR count). The van der Waals surface area contributed by atoms with Crippen molar-refractivity contribution in [1.29, 1.82) is 0 Å². The van der Waals surface area contributed by atoms with Crippen LogP contribution < -0.4 is 5.73 Å². The first kappa shape index (κ1) is 13.4. The third-order valence-electron chi connectivity index (χ3n) is 2.53. The summed E-state index contributed by atoms with van der Waals surface area (Å²) in [7, 11) is 5.23. The number of rotatable bonds is 3. The summed E-state index contributed by atoms with van der Waals surface area (Å²) in [6.45, 7) is 0. The van der Waals surface area contributed by atoms with Crippen LogP contribution in [-0.2, 0) is 7.05 Å². The summed E-state index contributed by atoms with van der Waals surface area (Å²) in [6.07, 6.45) is 1.49. The summed E-state index contributed by atoms with van der Waals surface area (Å²) >= 11 is 1.42. The van der Waals surface area contributed by atoms with Crippen LogP contribution in [0, 0.1) is 0 Å². The van der Waals surface area contributed by atoms with E-state index in [0.29, 0.717) is 11.3 Å². The zero-order valence-corrected chi connectivity index (χ0v) is 11.8. The van der Waals surface area contributed by atoms with Gasteiger partial charge < -0.3 is 10.6 Å². The normalized spacial score (nSPS) is 10.5. The van der Waals surface area contributed by atoms with Crippen molar-refractivity contribution in [3.05, 3.63) is 30.1 Å². The van der Waals surface area contributed by atoms with Crippen LogP contribution in [0.15, 0.2) is 34.6 Å². The Morgan fingerprint density at radius 1 is 1.42 bits per heavy atom. The number of hydrogen-bond acceptors (Lipinski definition) is 5. The number of benzene rings is 1. The monoisotopic (exact) mass is 277 g/mol. The fourth-order valence-electron chi connectivity index (χ4n) is 1.51. The molecule has 7 heteroatoms. The van der Waals surface area contributed by atoms with E-state index >= 15 is 0 Å². The lowest BCUT2D eigenvalue weighted by atomic mass is 10.2. The Labute approximate surface area is 115 Å². The highest BCUT2D eigenvalue weighted by atomic mass is 32.2. The topological polar surface area (TPSA) is 77.0 Å². The van der Waals surface area contributed by atoms with Gasteiger partial charge in [0, 0.05) is 37.3 Å². The Bertz CT molecular complexity index is 608. The number of amides is 1. The van der Waals surface area contributed by atoms with E-state index in [9.17, 15) is 4.79 Å². The number of nitrogens with zero attached hydrogens (tertiary/aromatic N) is 4. The Balaban J connectivity index is 2.25. The summed E-state index contributed by atoms with van der Waals surface area (Å²) < 4.78 is 1.67. The summed E-state index contributed by atoms with van der Waals surface area (Å²) in [5.74, 6) is -0.0677. The van der Waals surface area contributed by atoms with Crippen molar-refractivity contribution in [3.8, 4) is 0 Å². The molecule has 0 unspecified atom stereocenters. The quantitative estimate of drug-likeness (QED) is 0.854. The molecule has 0 aliphatic heterocycles. The molecular formula is C12H15N5OS. The second-order valence-corrected chi connectivity index (χ2v) is 5.23. The largest absolute Gasteiger partial charge is 0.398 e. The number of aryl methyl sites for hydroxylation is 1. The molecule has 1 amide bonds. The van der Waals surface area contributed by atoms with Gasteiger partial charge >= 0.3 is 0 Å². The van der Waals surface area contributed by atoms with Crippen molar-refractivity contribution in [2.24, 2.45) is 7.05 Å². The van der Waals surface area contributed by atoms with Gasteiger partial charge in [-0.3, -0.25) is 4.79 Å². The number of carbonyl (C=O) groups is 1. The smallest absolute Gasteiger partial charge is 0.253 e. The average Bonchev–Trinajstić information content (AvgIpc) is 2.76. The van der Waals surface area contributed by atoms with Gasteiger partial charge in [-0.15, -0.1) is 0 Å². The van der Waals surface area contributed by atoms with Crippen LogP contribution in [0.2, 0.25) is 0 Å². The molecule has 0 aliphatic rings. The zero-order chi connectivity index (χ0) is 14.0. The van der Waals surface area contributed by atoms with Gasteiger partial charge in [0.15, 0.2) is 5.16 Å². The Morgan fingerprint density at radius 3 is 2.68 bits per heavy atom. The SMILES string of the molecule is CN(C)C(=O)c1ccc(Sc2ncnn2C)c(N)c1. The molecule has 1 aromatic carbocycles. The molecule has 1 aromatic heterocycles. The van der Waals surface area contributed by atoms with Crippen LogP contribution in [0.25, 0.3) is 0 Å². The predicted octanol–water partition coefficient (Wildman–Crippen LogP) is 1.25. The Hall–Kier alpha value is -2.02. The maximum absolute atomic E-state index is 11.8. The number of aromatic nitrogens is 3. The molecule has 6 nitrogen and oxygen atoms in total. The van der Waals surface area contributed by atoms with Crippen LogP contribution in [0.3, 0.4) is 0 Å². The molecule has 0 saturated carbocycles. The van der Waals surface area contributed by atoms with Crippen molar-refractivity contribution in [1.82, 2.24) is 19.7 Å². The minimum atomic E-state index is -0.0677. The Kier molecular flexibility index (Phi) is 3.75. The molecule has 0 radical (unpaired) electrons. The molecule has 1 heterocycles. The highest BCUT2D eigenvalue weighted by molar-refractivity contribution is 7.99. The number of anilines is 1. The Morgan fingerprint density at radius 2 is 2.16 bits per heavy atom. The number of nitrogen functional groups attached to an aromatic ring is 1. The van der Waals surface area contributed by atoms with Gasteiger partial charge in [0.05, 0.1) is 0 Å². The number of hydrogen-bond donors (Lipinski definition) is 1. The minimum absolute atomic E-state index is 0.0677. The second kappa shape index (κ2) is 5.31. The van der Waals surface area contributed by atoms with Crippen LogP contribution in [0.1, 0.15) is 10.4 Å². The first-order chi connectivity index (χ1) is 8.99. The standard InChI is InChI=1S/C12H15N5OS/c1-16(2)11(18)8-4-5-10(9(13)6-8)19-12-14-7-15-17(12)3/h4-7H,13H2,1-3H3. The molecule has 2 N–H and O–H groups in total. The molecule has 19 heavy (non-hydrogen) atoms. The first-order valence-electron chi connectivity index (χ1n) is 5.62. The van der Waals surface area contributed by atoms with Gasteiger partial charge in [-0.05, 0) is 30.0 Å². The van der Waals surface area contributed by atoms with Gasteiger partial charge in [-0.1, -0.05) is 0 Å². The van der Waals surface area contributed by atoms with Crippen LogP contribution in [0.5, 0.6) is 0 Å². The fourth-order valence-corrected chi connectivity index (χ4v) is 2.30. The van der Waals surface area contributed by atoms with E-state index in [4.69, 9.17) is 5.73 Å². The van der Waals surface area contributed by atoms with Crippen molar-refractivity contribution in [2.75, 3.05) is 19.8 Å². The number of carbonyl (C=O) groups excluding carboxylic acids is 1. The summed E-state index contributed by atoms with van der Waals surface area (Å²) in [5, 5.41) is 4.74. The highest BCUT2D eigenvalue weighted by Gasteiger charge is 2.12. The van der Waals surface area contributed by atoms with Crippen molar-refractivity contribution >= 4 is 23.4 Å². The molecule has 0 atom stereocenters. The second-order valence-electron chi connectivity index (χ2n) is 4.22. The van der Waals surface area contributed by atoms with E-state index in [0.717, 1.165) is 10.1 Å². The molecule has 0 bridgehead atoms.